The lowest BCUT2D eigenvalue weighted by Crippen LogP contribution is -2.31. The maximum atomic E-state index is 2.35. The van der Waals surface area contributed by atoms with Crippen LogP contribution in [-0.2, 0) is 12.5 Å². The van der Waals surface area contributed by atoms with Crippen LogP contribution in [0.2, 0.25) is 0 Å². The second-order valence-corrected chi connectivity index (χ2v) is 7.05. The number of aromatic nitrogens is 1. The van der Waals surface area contributed by atoms with Crippen molar-refractivity contribution in [3.63, 3.8) is 0 Å². The largest absolute Gasteiger partial charge is 0.212 e. The van der Waals surface area contributed by atoms with Gasteiger partial charge in [0.25, 0.3) is 0 Å². The SMILES string of the molecule is Cc1ccc2c(c1-c1cccc[n+]1C)C(C)(C)c1ccccc1-2. The van der Waals surface area contributed by atoms with E-state index in [0.717, 1.165) is 0 Å². The number of nitrogens with zero attached hydrogens (tertiary/aromatic N) is 1. The smallest absolute Gasteiger partial charge is 0.201 e. The van der Waals surface area contributed by atoms with E-state index in [1.54, 1.807) is 0 Å². The zero-order chi connectivity index (χ0) is 16.2. The van der Waals surface area contributed by atoms with Gasteiger partial charge in [-0.3, -0.25) is 0 Å². The molecule has 4 rings (SSSR count). The Morgan fingerprint density at radius 3 is 2.35 bits per heavy atom. The van der Waals surface area contributed by atoms with Gasteiger partial charge in [0.1, 0.15) is 7.05 Å². The van der Waals surface area contributed by atoms with Crippen molar-refractivity contribution in [2.45, 2.75) is 26.2 Å². The Balaban J connectivity index is 2.12. The molecule has 0 fully saturated rings. The number of fused-ring (bicyclic) bond motifs is 3. The van der Waals surface area contributed by atoms with E-state index < -0.39 is 0 Å². The van der Waals surface area contributed by atoms with Gasteiger partial charge < -0.3 is 0 Å². The van der Waals surface area contributed by atoms with Crippen LogP contribution in [0.3, 0.4) is 0 Å². The van der Waals surface area contributed by atoms with Crippen LogP contribution in [0, 0.1) is 6.92 Å². The molecule has 2 aromatic carbocycles. The number of benzene rings is 2. The van der Waals surface area contributed by atoms with E-state index in [1.807, 2.05) is 0 Å². The van der Waals surface area contributed by atoms with Gasteiger partial charge in [-0.15, -0.1) is 0 Å². The molecule has 0 N–H and O–H groups in total. The fourth-order valence-electron chi connectivity index (χ4n) is 4.09. The zero-order valence-electron chi connectivity index (χ0n) is 14.2. The van der Waals surface area contributed by atoms with Crippen LogP contribution in [0.1, 0.15) is 30.5 Å². The van der Waals surface area contributed by atoms with Crippen molar-refractivity contribution in [3.05, 3.63) is 77.5 Å². The molecule has 3 aromatic rings. The van der Waals surface area contributed by atoms with Crippen molar-refractivity contribution >= 4 is 0 Å². The average Bonchev–Trinajstić information content (AvgIpc) is 2.77. The first-order valence-electron chi connectivity index (χ1n) is 8.21. The maximum absolute atomic E-state index is 2.35. The molecule has 0 bridgehead atoms. The van der Waals surface area contributed by atoms with Gasteiger partial charge in [0, 0.05) is 17.5 Å². The van der Waals surface area contributed by atoms with E-state index in [2.05, 4.69) is 93.2 Å². The predicted molar refractivity (Wildman–Crippen MR) is 95.4 cm³/mol. The van der Waals surface area contributed by atoms with Gasteiger partial charge in [-0.25, -0.2) is 4.57 Å². The standard InChI is InChI=1S/C22H22N/c1-15-12-13-17-16-9-5-6-10-18(16)22(2,3)21(17)20(15)19-11-7-8-14-23(19)4/h5-14H,1-4H3/q+1. The van der Waals surface area contributed by atoms with Crippen molar-refractivity contribution < 1.29 is 4.57 Å². The van der Waals surface area contributed by atoms with Gasteiger partial charge in [0.2, 0.25) is 5.69 Å². The third kappa shape index (κ3) is 1.89. The summed E-state index contributed by atoms with van der Waals surface area (Å²) in [5.74, 6) is 0. The summed E-state index contributed by atoms with van der Waals surface area (Å²) in [5, 5.41) is 0. The number of hydrogen-bond donors (Lipinski definition) is 0. The third-order valence-corrected chi connectivity index (χ3v) is 5.24. The molecule has 1 heterocycles. The molecule has 0 radical (unpaired) electrons. The summed E-state index contributed by atoms with van der Waals surface area (Å²) in [6.07, 6.45) is 2.13. The van der Waals surface area contributed by atoms with Gasteiger partial charge in [0.05, 0.1) is 5.56 Å². The first-order chi connectivity index (χ1) is 11.0. The summed E-state index contributed by atoms with van der Waals surface area (Å²) in [5.41, 5.74) is 9.68. The van der Waals surface area contributed by atoms with Crippen LogP contribution in [0.5, 0.6) is 0 Å². The van der Waals surface area contributed by atoms with Crippen molar-refractivity contribution in [1.82, 2.24) is 0 Å². The number of aryl methyl sites for hydroxylation is 2. The van der Waals surface area contributed by atoms with E-state index in [-0.39, 0.29) is 5.41 Å². The Hall–Kier alpha value is -2.41. The summed E-state index contributed by atoms with van der Waals surface area (Å²) in [6.45, 7) is 6.93. The molecule has 0 spiro atoms. The predicted octanol–water partition coefficient (Wildman–Crippen LogP) is 4.79. The highest BCUT2D eigenvalue weighted by molar-refractivity contribution is 5.88. The van der Waals surface area contributed by atoms with Gasteiger partial charge in [0.15, 0.2) is 6.20 Å². The topological polar surface area (TPSA) is 3.88 Å². The molecule has 0 saturated heterocycles. The Kier molecular flexibility index (Phi) is 2.96. The molecule has 0 atom stereocenters. The molecule has 0 amide bonds. The molecule has 0 unspecified atom stereocenters. The zero-order valence-corrected chi connectivity index (χ0v) is 14.2. The van der Waals surface area contributed by atoms with Crippen LogP contribution < -0.4 is 4.57 Å². The summed E-state index contributed by atoms with van der Waals surface area (Å²) in [7, 11) is 2.13. The van der Waals surface area contributed by atoms with Gasteiger partial charge in [-0.1, -0.05) is 50.2 Å². The summed E-state index contributed by atoms with van der Waals surface area (Å²) in [6, 6.07) is 19.8. The van der Waals surface area contributed by atoms with E-state index in [4.69, 9.17) is 0 Å². The second-order valence-electron chi connectivity index (χ2n) is 7.05. The van der Waals surface area contributed by atoms with Crippen molar-refractivity contribution in [2.24, 2.45) is 7.05 Å². The molecule has 1 aliphatic rings. The van der Waals surface area contributed by atoms with E-state index in [9.17, 15) is 0 Å². The van der Waals surface area contributed by atoms with Crippen molar-refractivity contribution in [1.29, 1.82) is 0 Å². The van der Waals surface area contributed by atoms with Crippen LogP contribution in [0.15, 0.2) is 60.8 Å². The Labute approximate surface area is 138 Å². The Bertz CT molecular complexity index is 919. The van der Waals surface area contributed by atoms with E-state index in [0.29, 0.717) is 0 Å². The maximum Gasteiger partial charge on any atom is 0.212 e. The van der Waals surface area contributed by atoms with Crippen LogP contribution in [0.25, 0.3) is 22.4 Å². The van der Waals surface area contributed by atoms with Crippen LogP contribution in [-0.4, -0.2) is 0 Å². The summed E-state index contributed by atoms with van der Waals surface area (Å²) in [4.78, 5) is 0. The molecule has 23 heavy (non-hydrogen) atoms. The lowest BCUT2D eigenvalue weighted by atomic mass is 9.78. The first-order valence-corrected chi connectivity index (χ1v) is 8.21. The summed E-state index contributed by atoms with van der Waals surface area (Å²) < 4.78 is 2.22. The number of pyridine rings is 1. The third-order valence-electron chi connectivity index (χ3n) is 5.24. The molecule has 1 aliphatic carbocycles. The molecular formula is C22H22N+. The Morgan fingerprint density at radius 2 is 1.57 bits per heavy atom. The highest BCUT2D eigenvalue weighted by Crippen LogP contribution is 2.52. The lowest BCUT2D eigenvalue weighted by Gasteiger charge is -2.24. The molecule has 1 aromatic heterocycles. The molecule has 1 heteroatoms. The Morgan fingerprint density at radius 1 is 0.826 bits per heavy atom. The minimum Gasteiger partial charge on any atom is -0.201 e. The molecule has 0 saturated carbocycles. The fourth-order valence-corrected chi connectivity index (χ4v) is 4.09. The minimum absolute atomic E-state index is 0.0239. The first kappa shape index (κ1) is 14.2. The van der Waals surface area contributed by atoms with Crippen molar-refractivity contribution in [2.75, 3.05) is 0 Å². The summed E-state index contributed by atoms with van der Waals surface area (Å²) >= 11 is 0. The van der Waals surface area contributed by atoms with E-state index >= 15 is 0 Å². The van der Waals surface area contributed by atoms with Crippen LogP contribution >= 0.6 is 0 Å². The number of rotatable bonds is 1. The highest BCUT2D eigenvalue weighted by Gasteiger charge is 2.39. The highest BCUT2D eigenvalue weighted by atomic mass is 14.9. The lowest BCUT2D eigenvalue weighted by molar-refractivity contribution is -0.660. The van der Waals surface area contributed by atoms with Crippen LogP contribution in [0.4, 0.5) is 0 Å². The molecule has 1 nitrogen and oxygen atoms in total. The quantitative estimate of drug-likeness (QED) is 0.569. The normalized spacial score (nSPS) is 14.4. The van der Waals surface area contributed by atoms with Gasteiger partial charge >= 0.3 is 0 Å². The monoisotopic (exact) mass is 300 g/mol. The van der Waals surface area contributed by atoms with E-state index in [1.165, 1.54) is 39.1 Å². The molecule has 114 valence electrons. The van der Waals surface area contributed by atoms with Crippen molar-refractivity contribution in [3.8, 4) is 22.4 Å². The molecular weight excluding hydrogens is 278 g/mol. The minimum atomic E-state index is 0.0239. The van der Waals surface area contributed by atoms with Gasteiger partial charge in [-0.2, -0.15) is 0 Å². The average molecular weight is 300 g/mol. The fraction of sp³-hybridized carbons (Fsp3) is 0.227. The second kappa shape index (κ2) is 4.79. The molecule has 0 aliphatic heterocycles. The number of hydrogen-bond acceptors (Lipinski definition) is 0. The van der Waals surface area contributed by atoms with Gasteiger partial charge in [-0.05, 0) is 40.8 Å².